The number of nitrogens with one attached hydrogen (secondary N) is 1. The first-order valence-electron chi connectivity index (χ1n) is 6.80. The maximum absolute atomic E-state index is 12.1. The van der Waals surface area contributed by atoms with Crippen molar-refractivity contribution in [3.63, 3.8) is 0 Å². The topological polar surface area (TPSA) is 76.2 Å². The summed E-state index contributed by atoms with van der Waals surface area (Å²) in [5.41, 5.74) is 7.44. The highest BCUT2D eigenvalue weighted by Gasteiger charge is 2.17. The quantitative estimate of drug-likeness (QED) is 0.765. The van der Waals surface area contributed by atoms with Crippen molar-refractivity contribution in [3.05, 3.63) is 11.4 Å². The van der Waals surface area contributed by atoms with Gasteiger partial charge in [-0.3, -0.25) is 9.48 Å². The molecule has 0 saturated carbocycles. The number of nitrogens with zero attached hydrogens (tertiary/aromatic N) is 3. The number of nitrogens with two attached hydrogens (primary N) is 1. The highest BCUT2D eigenvalue weighted by Crippen LogP contribution is 2.14. The Morgan fingerprint density at radius 1 is 1.42 bits per heavy atom. The Labute approximate surface area is 114 Å². The molecule has 0 bridgehead atoms. The normalized spacial score (nSPS) is 11.0. The molecule has 1 aromatic rings. The van der Waals surface area contributed by atoms with Crippen LogP contribution in [0.2, 0.25) is 0 Å². The van der Waals surface area contributed by atoms with Gasteiger partial charge in [0.2, 0.25) is 0 Å². The van der Waals surface area contributed by atoms with Crippen LogP contribution in [-0.4, -0.2) is 46.8 Å². The lowest BCUT2D eigenvalue weighted by atomic mass is 10.3. The van der Waals surface area contributed by atoms with Crippen LogP contribution in [0.3, 0.4) is 0 Å². The summed E-state index contributed by atoms with van der Waals surface area (Å²) in [5.74, 6) is -0.159. The van der Waals surface area contributed by atoms with Crippen LogP contribution in [0.1, 0.15) is 36.5 Å². The lowest BCUT2D eigenvalue weighted by Gasteiger charge is -2.19. The van der Waals surface area contributed by atoms with Crippen LogP contribution in [0.4, 0.5) is 5.69 Å². The summed E-state index contributed by atoms with van der Waals surface area (Å²) in [5, 5.41) is 7.04. The number of aromatic nitrogens is 2. The van der Waals surface area contributed by atoms with Crippen molar-refractivity contribution >= 4 is 11.6 Å². The van der Waals surface area contributed by atoms with Crippen LogP contribution in [0.25, 0.3) is 0 Å². The maximum atomic E-state index is 12.1. The van der Waals surface area contributed by atoms with E-state index in [1.165, 1.54) is 4.68 Å². The van der Waals surface area contributed by atoms with Crippen molar-refractivity contribution in [2.24, 2.45) is 7.05 Å². The van der Waals surface area contributed by atoms with Gasteiger partial charge in [-0.15, -0.1) is 0 Å². The van der Waals surface area contributed by atoms with Gasteiger partial charge in [-0.05, 0) is 26.4 Å². The molecule has 0 aliphatic rings. The zero-order valence-electron chi connectivity index (χ0n) is 12.4. The van der Waals surface area contributed by atoms with E-state index in [-0.39, 0.29) is 5.91 Å². The lowest BCUT2D eigenvalue weighted by Crippen LogP contribution is -2.36. The molecule has 0 aliphatic heterocycles. The number of aryl methyl sites for hydroxylation is 2. The fourth-order valence-electron chi connectivity index (χ4n) is 2.10. The third-order valence-corrected chi connectivity index (χ3v) is 3.18. The first-order valence-corrected chi connectivity index (χ1v) is 6.80. The summed E-state index contributed by atoms with van der Waals surface area (Å²) in [4.78, 5) is 14.4. The second-order valence-corrected chi connectivity index (χ2v) is 4.66. The minimum atomic E-state index is -0.159. The largest absolute Gasteiger partial charge is 0.395 e. The van der Waals surface area contributed by atoms with Crippen molar-refractivity contribution < 1.29 is 4.79 Å². The standard InChI is InChI=1S/C13H25N5O/c1-5-8-18(6-2)9-7-15-13(19)12-11(14)10(3)16-17(12)4/h5-9,14H2,1-4H3,(H,15,19). The molecule has 1 rings (SSSR count). The highest BCUT2D eigenvalue weighted by atomic mass is 16.2. The number of hydrogen-bond acceptors (Lipinski definition) is 4. The van der Waals surface area contributed by atoms with E-state index in [4.69, 9.17) is 5.73 Å². The Balaban J connectivity index is 2.52. The summed E-state index contributed by atoms with van der Waals surface area (Å²) < 4.78 is 1.53. The molecule has 0 unspecified atom stereocenters. The van der Waals surface area contributed by atoms with Gasteiger partial charge in [0.05, 0.1) is 11.4 Å². The molecule has 0 saturated heterocycles. The van der Waals surface area contributed by atoms with Gasteiger partial charge in [-0.25, -0.2) is 0 Å². The molecule has 108 valence electrons. The van der Waals surface area contributed by atoms with Crippen molar-refractivity contribution in [3.8, 4) is 0 Å². The van der Waals surface area contributed by atoms with E-state index < -0.39 is 0 Å². The van der Waals surface area contributed by atoms with E-state index in [0.717, 1.165) is 26.1 Å². The summed E-state index contributed by atoms with van der Waals surface area (Å²) in [6.07, 6.45) is 1.12. The molecule has 6 heteroatoms. The Morgan fingerprint density at radius 3 is 2.58 bits per heavy atom. The van der Waals surface area contributed by atoms with Gasteiger partial charge in [-0.2, -0.15) is 5.10 Å². The number of nitrogen functional groups attached to an aromatic ring is 1. The molecule has 3 N–H and O–H groups in total. The van der Waals surface area contributed by atoms with Crippen LogP contribution in [0, 0.1) is 6.92 Å². The molecule has 1 aromatic heterocycles. The summed E-state index contributed by atoms with van der Waals surface area (Å²) in [7, 11) is 1.73. The lowest BCUT2D eigenvalue weighted by molar-refractivity contribution is 0.0940. The van der Waals surface area contributed by atoms with E-state index in [1.807, 2.05) is 0 Å². The minimum absolute atomic E-state index is 0.159. The Kier molecular flexibility index (Phi) is 5.82. The molecular weight excluding hydrogens is 242 g/mol. The first kappa shape index (κ1) is 15.5. The van der Waals surface area contributed by atoms with Gasteiger partial charge >= 0.3 is 0 Å². The average molecular weight is 267 g/mol. The van der Waals surface area contributed by atoms with Crippen molar-refractivity contribution in [2.45, 2.75) is 27.2 Å². The Hall–Kier alpha value is -1.56. The Bertz CT molecular complexity index is 427. The monoisotopic (exact) mass is 267 g/mol. The number of likely N-dealkylation sites (N-methyl/N-ethyl adjacent to an activating group) is 1. The average Bonchev–Trinajstić information content (AvgIpc) is 2.62. The molecule has 6 nitrogen and oxygen atoms in total. The SMILES string of the molecule is CCCN(CC)CCNC(=O)c1c(N)c(C)nn1C. The fraction of sp³-hybridized carbons (Fsp3) is 0.692. The number of carbonyl (C=O) groups excluding carboxylic acids is 1. The van der Waals surface area contributed by atoms with Crippen molar-refractivity contribution in [2.75, 3.05) is 31.9 Å². The van der Waals surface area contributed by atoms with E-state index in [1.54, 1.807) is 14.0 Å². The predicted molar refractivity (Wildman–Crippen MR) is 77.1 cm³/mol. The number of amides is 1. The van der Waals surface area contributed by atoms with Crippen LogP contribution < -0.4 is 11.1 Å². The molecular formula is C13H25N5O. The smallest absolute Gasteiger partial charge is 0.271 e. The fourth-order valence-corrected chi connectivity index (χ4v) is 2.10. The maximum Gasteiger partial charge on any atom is 0.271 e. The van der Waals surface area contributed by atoms with Gasteiger partial charge in [0.15, 0.2) is 0 Å². The zero-order valence-corrected chi connectivity index (χ0v) is 12.4. The van der Waals surface area contributed by atoms with Gasteiger partial charge < -0.3 is 16.0 Å². The molecule has 0 aromatic carbocycles. The number of carbonyl (C=O) groups is 1. The minimum Gasteiger partial charge on any atom is -0.395 e. The van der Waals surface area contributed by atoms with E-state index in [0.29, 0.717) is 23.6 Å². The van der Waals surface area contributed by atoms with Crippen molar-refractivity contribution in [1.29, 1.82) is 0 Å². The third-order valence-electron chi connectivity index (χ3n) is 3.18. The Morgan fingerprint density at radius 2 is 2.11 bits per heavy atom. The molecule has 1 amide bonds. The third kappa shape index (κ3) is 3.96. The van der Waals surface area contributed by atoms with Crippen LogP contribution in [0.15, 0.2) is 0 Å². The second kappa shape index (κ2) is 7.13. The second-order valence-electron chi connectivity index (χ2n) is 4.66. The molecule has 0 atom stereocenters. The van der Waals surface area contributed by atoms with Gasteiger partial charge in [0.25, 0.3) is 5.91 Å². The van der Waals surface area contributed by atoms with Crippen LogP contribution >= 0.6 is 0 Å². The van der Waals surface area contributed by atoms with Gasteiger partial charge in [0.1, 0.15) is 5.69 Å². The van der Waals surface area contributed by atoms with Gasteiger partial charge in [0, 0.05) is 20.1 Å². The van der Waals surface area contributed by atoms with Gasteiger partial charge in [-0.1, -0.05) is 13.8 Å². The summed E-state index contributed by atoms with van der Waals surface area (Å²) in [6.45, 7) is 9.60. The van der Waals surface area contributed by atoms with E-state index in [2.05, 4.69) is 29.2 Å². The van der Waals surface area contributed by atoms with Crippen LogP contribution in [-0.2, 0) is 7.05 Å². The summed E-state index contributed by atoms with van der Waals surface area (Å²) in [6, 6.07) is 0. The molecule has 19 heavy (non-hydrogen) atoms. The molecule has 0 spiro atoms. The van der Waals surface area contributed by atoms with E-state index >= 15 is 0 Å². The van der Waals surface area contributed by atoms with Crippen molar-refractivity contribution in [1.82, 2.24) is 20.0 Å². The summed E-state index contributed by atoms with van der Waals surface area (Å²) >= 11 is 0. The predicted octanol–water partition coefficient (Wildman–Crippen LogP) is 0.772. The number of rotatable bonds is 7. The number of anilines is 1. The molecule has 0 radical (unpaired) electrons. The zero-order chi connectivity index (χ0) is 14.4. The molecule has 1 heterocycles. The highest BCUT2D eigenvalue weighted by molar-refractivity contribution is 5.97. The van der Waals surface area contributed by atoms with E-state index in [9.17, 15) is 4.79 Å². The molecule has 0 fully saturated rings. The van der Waals surface area contributed by atoms with Crippen LogP contribution in [0.5, 0.6) is 0 Å². The number of hydrogen-bond donors (Lipinski definition) is 2. The first-order chi connectivity index (χ1) is 9.01. The molecule has 0 aliphatic carbocycles.